The number of amides is 1. The molecule has 0 aliphatic carbocycles. The molecule has 1 aromatic heterocycles. The van der Waals surface area contributed by atoms with Gasteiger partial charge in [0.05, 0.1) is 0 Å². The van der Waals surface area contributed by atoms with E-state index in [4.69, 9.17) is 4.74 Å². The SMILES string of the molecule is CCC(CNC(=O)OC(C)(C)C)C(NC)c1cccnc1C. The highest BCUT2D eigenvalue weighted by Crippen LogP contribution is 2.25. The number of nitrogens with one attached hydrogen (secondary N) is 2. The maximum atomic E-state index is 11.8. The standard InChI is InChI=1S/C17H29N3O2/c1-7-13(11-20-16(21)22-17(3,4)5)15(18-6)14-9-8-10-19-12(14)2/h8-10,13,15,18H,7,11H2,1-6H3,(H,20,21). The number of hydrogen-bond donors (Lipinski definition) is 2. The molecule has 5 nitrogen and oxygen atoms in total. The lowest BCUT2D eigenvalue weighted by Gasteiger charge is -2.28. The fourth-order valence-corrected chi connectivity index (χ4v) is 2.50. The minimum atomic E-state index is -0.478. The van der Waals surface area contributed by atoms with E-state index in [0.717, 1.165) is 12.1 Å². The van der Waals surface area contributed by atoms with Crippen LogP contribution in [0.15, 0.2) is 18.3 Å². The van der Waals surface area contributed by atoms with Crippen LogP contribution in [0, 0.1) is 12.8 Å². The van der Waals surface area contributed by atoms with Gasteiger partial charge in [-0.05, 0) is 58.7 Å². The van der Waals surface area contributed by atoms with E-state index in [1.54, 1.807) is 6.20 Å². The van der Waals surface area contributed by atoms with Gasteiger partial charge in [0.1, 0.15) is 5.60 Å². The van der Waals surface area contributed by atoms with Crippen molar-refractivity contribution in [1.29, 1.82) is 0 Å². The van der Waals surface area contributed by atoms with Gasteiger partial charge in [0.15, 0.2) is 0 Å². The Balaban J connectivity index is 2.73. The van der Waals surface area contributed by atoms with E-state index in [1.807, 2.05) is 40.8 Å². The van der Waals surface area contributed by atoms with Crippen LogP contribution in [0.5, 0.6) is 0 Å². The first kappa shape index (κ1) is 18.4. The molecule has 0 aromatic carbocycles. The average Bonchev–Trinajstić information content (AvgIpc) is 2.43. The first-order valence-corrected chi connectivity index (χ1v) is 7.84. The van der Waals surface area contributed by atoms with Crippen molar-refractivity contribution in [2.24, 2.45) is 5.92 Å². The number of carbonyl (C=O) groups excluding carboxylic acids is 1. The number of aryl methyl sites for hydroxylation is 1. The molecule has 124 valence electrons. The van der Waals surface area contributed by atoms with Gasteiger partial charge in [0, 0.05) is 24.5 Å². The lowest BCUT2D eigenvalue weighted by Crippen LogP contribution is -2.38. The van der Waals surface area contributed by atoms with Crippen molar-refractivity contribution in [2.75, 3.05) is 13.6 Å². The highest BCUT2D eigenvalue weighted by atomic mass is 16.6. The van der Waals surface area contributed by atoms with Gasteiger partial charge in [-0.25, -0.2) is 4.79 Å². The predicted octanol–water partition coefficient (Wildman–Crippen LogP) is 3.20. The summed E-state index contributed by atoms with van der Waals surface area (Å²) in [6.45, 7) is 10.3. The second kappa shape index (κ2) is 8.13. The van der Waals surface area contributed by atoms with Crippen LogP contribution in [0.25, 0.3) is 0 Å². The molecule has 22 heavy (non-hydrogen) atoms. The smallest absolute Gasteiger partial charge is 0.407 e. The van der Waals surface area contributed by atoms with Crippen molar-refractivity contribution in [3.8, 4) is 0 Å². The van der Waals surface area contributed by atoms with Crippen LogP contribution in [0.1, 0.15) is 51.4 Å². The zero-order valence-corrected chi connectivity index (χ0v) is 14.6. The molecule has 0 fully saturated rings. The lowest BCUT2D eigenvalue weighted by molar-refractivity contribution is 0.0515. The Morgan fingerprint density at radius 1 is 1.41 bits per heavy atom. The summed E-state index contributed by atoms with van der Waals surface area (Å²) >= 11 is 0. The molecule has 1 heterocycles. The normalized spacial score (nSPS) is 14.3. The molecule has 0 spiro atoms. The van der Waals surface area contributed by atoms with Crippen molar-refractivity contribution in [3.63, 3.8) is 0 Å². The van der Waals surface area contributed by atoms with Gasteiger partial charge in [-0.1, -0.05) is 13.0 Å². The molecular weight excluding hydrogens is 278 g/mol. The molecule has 2 N–H and O–H groups in total. The lowest BCUT2D eigenvalue weighted by atomic mass is 9.90. The molecule has 2 atom stereocenters. The highest BCUT2D eigenvalue weighted by molar-refractivity contribution is 5.67. The molecule has 1 rings (SSSR count). The predicted molar refractivity (Wildman–Crippen MR) is 88.8 cm³/mol. The van der Waals surface area contributed by atoms with Crippen molar-refractivity contribution < 1.29 is 9.53 Å². The Morgan fingerprint density at radius 3 is 2.59 bits per heavy atom. The van der Waals surface area contributed by atoms with Crippen LogP contribution in [0.4, 0.5) is 4.79 Å². The summed E-state index contributed by atoms with van der Waals surface area (Å²) in [5, 5.41) is 6.22. The van der Waals surface area contributed by atoms with Crippen molar-refractivity contribution in [1.82, 2.24) is 15.6 Å². The van der Waals surface area contributed by atoms with Gasteiger partial charge >= 0.3 is 6.09 Å². The van der Waals surface area contributed by atoms with Gasteiger partial charge in [-0.3, -0.25) is 4.98 Å². The second-order valence-corrected chi connectivity index (χ2v) is 6.50. The first-order valence-electron chi connectivity index (χ1n) is 7.84. The molecule has 0 saturated carbocycles. The van der Waals surface area contributed by atoms with Crippen LogP contribution in [0.2, 0.25) is 0 Å². The molecule has 0 saturated heterocycles. The van der Waals surface area contributed by atoms with E-state index in [1.165, 1.54) is 5.56 Å². The van der Waals surface area contributed by atoms with Gasteiger partial charge in [-0.2, -0.15) is 0 Å². The summed E-state index contributed by atoms with van der Waals surface area (Å²) in [6.07, 6.45) is 2.37. The number of rotatable bonds is 6. The number of alkyl carbamates (subject to hydrolysis) is 1. The number of carbonyl (C=O) groups is 1. The third-order valence-electron chi connectivity index (χ3n) is 3.60. The number of nitrogens with zero attached hydrogens (tertiary/aromatic N) is 1. The van der Waals surface area contributed by atoms with E-state index in [9.17, 15) is 4.79 Å². The fraction of sp³-hybridized carbons (Fsp3) is 0.647. The third-order valence-corrected chi connectivity index (χ3v) is 3.60. The Hall–Kier alpha value is -1.62. The summed E-state index contributed by atoms with van der Waals surface area (Å²) in [5.74, 6) is 0.264. The van der Waals surface area contributed by atoms with Crippen molar-refractivity contribution in [2.45, 2.75) is 52.7 Å². The Kier molecular flexibility index (Phi) is 6.81. The minimum Gasteiger partial charge on any atom is -0.444 e. The van der Waals surface area contributed by atoms with Crippen LogP contribution in [-0.2, 0) is 4.74 Å². The zero-order chi connectivity index (χ0) is 16.8. The molecule has 0 radical (unpaired) electrons. The minimum absolute atomic E-state index is 0.147. The zero-order valence-electron chi connectivity index (χ0n) is 14.6. The second-order valence-electron chi connectivity index (χ2n) is 6.50. The Morgan fingerprint density at radius 2 is 2.09 bits per heavy atom. The molecule has 1 amide bonds. The average molecular weight is 307 g/mol. The van der Waals surface area contributed by atoms with Crippen LogP contribution < -0.4 is 10.6 Å². The fourth-order valence-electron chi connectivity index (χ4n) is 2.50. The summed E-state index contributed by atoms with van der Waals surface area (Å²) in [7, 11) is 1.94. The van der Waals surface area contributed by atoms with E-state index in [-0.39, 0.29) is 18.1 Å². The van der Waals surface area contributed by atoms with Crippen LogP contribution in [-0.4, -0.2) is 30.3 Å². The molecule has 1 aromatic rings. The number of ether oxygens (including phenoxy) is 1. The van der Waals surface area contributed by atoms with Gasteiger partial charge in [0.25, 0.3) is 0 Å². The topological polar surface area (TPSA) is 63.2 Å². The van der Waals surface area contributed by atoms with Crippen LogP contribution in [0.3, 0.4) is 0 Å². The quantitative estimate of drug-likeness (QED) is 0.847. The van der Waals surface area contributed by atoms with Crippen molar-refractivity contribution in [3.05, 3.63) is 29.6 Å². The third kappa shape index (κ3) is 5.64. The van der Waals surface area contributed by atoms with E-state index < -0.39 is 5.60 Å². The van der Waals surface area contributed by atoms with E-state index >= 15 is 0 Å². The number of pyridine rings is 1. The highest BCUT2D eigenvalue weighted by Gasteiger charge is 2.24. The maximum Gasteiger partial charge on any atom is 0.407 e. The Bertz CT molecular complexity index is 483. The number of hydrogen-bond acceptors (Lipinski definition) is 4. The molecule has 0 aliphatic rings. The molecule has 0 aliphatic heterocycles. The van der Waals surface area contributed by atoms with E-state index in [0.29, 0.717) is 6.54 Å². The van der Waals surface area contributed by atoms with Crippen LogP contribution >= 0.6 is 0 Å². The largest absolute Gasteiger partial charge is 0.444 e. The summed E-state index contributed by atoms with van der Waals surface area (Å²) in [4.78, 5) is 16.2. The van der Waals surface area contributed by atoms with Crippen molar-refractivity contribution >= 4 is 6.09 Å². The first-order chi connectivity index (χ1) is 10.3. The van der Waals surface area contributed by atoms with E-state index in [2.05, 4.69) is 28.6 Å². The molecule has 2 unspecified atom stereocenters. The van der Waals surface area contributed by atoms with Gasteiger partial charge < -0.3 is 15.4 Å². The summed E-state index contributed by atoms with van der Waals surface area (Å²) < 4.78 is 5.29. The molecule has 5 heteroatoms. The van der Waals surface area contributed by atoms with Gasteiger partial charge in [-0.15, -0.1) is 0 Å². The summed E-state index contributed by atoms with van der Waals surface area (Å²) in [5.41, 5.74) is 1.70. The monoisotopic (exact) mass is 307 g/mol. The molecule has 0 bridgehead atoms. The number of aromatic nitrogens is 1. The summed E-state index contributed by atoms with van der Waals surface area (Å²) in [6, 6.07) is 4.17. The Labute approximate surface area is 133 Å². The maximum absolute atomic E-state index is 11.8. The molecular formula is C17H29N3O2. The van der Waals surface area contributed by atoms with Gasteiger partial charge in [0.2, 0.25) is 0 Å².